The normalized spacial score (nSPS) is 22.2. The molecule has 186 valence electrons. The number of aliphatic hydroxyl groups is 1. The number of carbonyl (C=O) groups excluding carboxylic acids is 1. The van der Waals surface area contributed by atoms with Crippen molar-refractivity contribution in [3.63, 3.8) is 0 Å². The number of hydrogen-bond donors (Lipinski definition) is 1. The van der Waals surface area contributed by atoms with Crippen molar-refractivity contribution in [2.45, 2.75) is 57.5 Å². The first kappa shape index (κ1) is 23.0. The number of nitrogens with zero attached hydrogens (tertiary/aromatic N) is 1. The summed E-state index contributed by atoms with van der Waals surface area (Å²) in [5.41, 5.74) is 3.58. The first-order chi connectivity index (χ1) is 17.4. The maximum atomic E-state index is 13.1. The second-order valence-electron chi connectivity index (χ2n) is 10.5. The van der Waals surface area contributed by atoms with Crippen LogP contribution in [0.25, 0.3) is 33.1 Å². The van der Waals surface area contributed by atoms with Gasteiger partial charge < -0.3 is 18.8 Å². The Bertz CT molecular complexity index is 1500. The van der Waals surface area contributed by atoms with Crippen LogP contribution in [-0.2, 0) is 11.2 Å². The Hall–Kier alpha value is -3.38. The number of piperidine rings is 1. The Morgan fingerprint density at radius 3 is 2.78 bits per heavy atom. The molecule has 1 amide bonds. The minimum absolute atomic E-state index is 0.0400. The Labute approximate surface area is 209 Å². The van der Waals surface area contributed by atoms with Gasteiger partial charge in [-0.05, 0) is 49.8 Å². The Morgan fingerprint density at radius 1 is 1.11 bits per heavy atom. The smallest absolute Gasteiger partial charge is 0.339 e. The predicted molar refractivity (Wildman–Crippen MR) is 139 cm³/mol. The second-order valence-corrected chi connectivity index (χ2v) is 10.5. The minimum atomic E-state index is -0.609. The zero-order chi connectivity index (χ0) is 24.9. The van der Waals surface area contributed by atoms with Crippen LogP contribution in [0.4, 0.5) is 0 Å². The van der Waals surface area contributed by atoms with Crippen LogP contribution >= 0.6 is 0 Å². The molecule has 2 aliphatic rings. The molecule has 2 atom stereocenters. The molecule has 36 heavy (non-hydrogen) atoms. The number of hydrogen-bond acceptors (Lipinski definition) is 5. The van der Waals surface area contributed by atoms with Gasteiger partial charge in [0.05, 0.1) is 11.9 Å². The average Bonchev–Trinajstić information content (AvgIpc) is 3.30. The van der Waals surface area contributed by atoms with Crippen LogP contribution in [0.15, 0.2) is 62.4 Å². The molecule has 1 saturated carbocycles. The molecule has 4 aromatic rings. The van der Waals surface area contributed by atoms with E-state index < -0.39 is 11.2 Å². The van der Waals surface area contributed by atoms with Crippen LogP contribution in [0, 0.1) is 12.8 Å². The molecule has 0 unspecified atom stereocenters. The lowest BCUT2D eigenvalue weighted by Gasteiger charge is -2.47. The van der Waals surface area contributed by atoms with Crippen molar-refractivity contribution in [3.8, 4) is 11.1 Å². The van der Waals surface area contributed by atoms with E-state index in [-0.39, 0.29) is 18.2 Å². The Balaban J connectivity index is 1.26. The molecule has 1 saturated heterocycles. The molecule has 2 aromatic heterocycles. The summed E-state index contributed by atoms with van der Waals surface area (Å²) >= 11 is 0. The van der Waals surface area contributed by atoms with Crippen LogP contribution in [-0.4, -0.2) is 34.6 Å². The van der Waals surface area contributed by atoms with Gasteiger partial charge in [-0.25, -0.2) is 4.79 Å². The van der Waals surface area contributed by atoms with Gasteiger partial charge in [-0.15, -0.1) is 0 Å². The molecule has 2 fully saturated rings. The summed E-state index contributed by atoms with van der Waals surface area (Å²) in [4.78, 5) is 27.8. The van der Waals surface area contributed by atoms with Crippen molar-refractivity contribution in [2.24, 2.45) is 5.92 Å². The molecule has 0 radical (unpaired) electrons. The van der Waals surface area contributed by atoms with Crippen molar-refractivity contribution in [2.75, 3.05) is 13.1 Å². The highest BCUT2D eigenvalue weighted by Crippen LogP contribution is 2.40. The molecular formula is C30H31NO5. The van der Waals surface area contributed by atoms with E-state index in [0.717, 1.165) is 53.1 Å². The number of fused-ring (bicyclic) bond motifs is 3. The highest BCUT2D eigenvalue weighted by atomic mass is 16.4. The molecule has 6 nitrogen and oxygen atoms in total. The van der Waals surface area contributed by atoms with Crippen LogP contribution in [0.5, 0.6) is 0 Å². The van der Waals surface area contributed by atoms with Gasteiger partial charge in [0.1, 0.15) is 11.2 Å². The summed E-state index contributed by atoms with van der Waals surface area (Å²) in [6.45, 7) is 3.12. The van der Waals surface area contributed by atoms with Crippen LogP contribution < -0.4 is 5.63 Å². The fourth-order valence-electron chi connectivity index (χ4n) is 6.23. The lowest BCUT2D eigenvalue weighted by Crippen LogP contribution is -2.54. The van der Waals surface area contributed by atoms with Gasteiger partial charge in [-0.3, -0.25) is 4.79 Å². The van der Waals surface area contributed by atoms with E-state index in [4.69, 9.17) is 8.83 Å². The largest absolute Gasteiger partial charge is 0.464 e. The first-order valence-corrected chi connectivity index (χ1v) is 13.0. The van der Waals surface area contributed by atoms with Crippen LogP contribution in [0.3, 0.4) is 0 Å². The third kappa shape index (κ3) is 3.94. The van der Waals surface area contributed by atoms with Gasteiger partial charge in [-0.2, -0.15) is 0 Å². The SMILES string of the molecule is Cc1c(CCC(=O)N2CC[C@@]3(O)CCCC[C@@H]3C2)c(=O)oc2cc3occ(-c4ccccc4)c3cc12. The number of likely N-dealkylation sites (tertiary alicyclic amines) is 1. The third-order valence-electron chi connectivity index (χ3n) is 8.44. The fourth-order valence-corrected chi connectivity index (χ4v) is 6.23. The van der Waals surface area contributed by atoms with Crippen molar-refractivity contribution in [1.29, 1.82) is 0 Å². The first-order valence-electron chi connectivity index (χ1n) is 13.0. The van der Waals surface area contributed by atoms with Crippen molar-refractivity contribution in [3.05, 3.63) is 70.3 Å². The van der Waals surface area contributed by atoms with E-state index in [1.54, 1.807) is 12.3 Å². The average molecular weight is 486 g/mol. The highest BCUT2D eigenvalue weighted by Gasteiger charge is 2.43. The van der Waals surface area contributed by atoms with Crippen molar-refractivity contribution >= 4 is 27.8 Å². The predicted octanol–water partition coefficient (Wildman–Crippen LogP) is 5.60. The maximum absolute atomic E-state index is 13.1. The zero-order valence-electron chi connectivity index (χ0n) is 20.6. The van der Waals surface area contributed by atoms with Gasteiger partial charge in [0.15, 0.2) is 0 Å². The Kier molecular flexibility index (Phi) is 5.72. The van der Waals surface area contributed by atoms with E-state index in [0.29, 0.717) is 42.7 Å². The van der Waals surface area contributed by atoms with Crippen molar-refractivity contribution < 1.29 is 18.7 Å². The van der Waals surface area contributed by atoms with Gasteiger partial charge in [0, 0.05) is 53.4 Å². The number of benzene rings is 2. The van der Waals surface area contributed by atoms with Gasteiger partial charge in [0.2, 0.25) is 5.91 Å². The molecular weight excluding hydrogens is 454 g/mol. The molecule has 3 heterocycles. The summed E-state index contributed by atoms with van der Waals surface area (Å²) in [6.07, 6.45) is 6.96. The standard InChI is InChI=1S/C30H31NO5/c1-19-22(10-11-28(32)31-14-13-30(34)12-6-5-9-21(30)17-31)29(33)36-27-16-26-24(15-23(19)27)25(18-35-26)20-7-3-2-4-8-20/h2-4,7-8,15-16,18,21,34H,5-6,9-14,17H2,1H3/t21-,30+/m1/s1. The quantitative estimate of drug-likeness (QED) is 0.380. The minimum Gasteiger partial charge on any atom is -0.464 e. The number of carbonyl (C=O) groups is 1. The summed E-state index contributed by atoms with van der Waals surface area (Å²) in [6, 6.07) is 13.8. The van der Waals surface area contributed by atoms with Gasteiger partial charge >= 0.3 is 5.63 Å². The molecule has 6 heteroatoms. The zero-order valence-corrected chi connectivity index (χ0v) is 20.6. The highest BCUT2D eigenvalue weighted by molar-refractivity contribution is 6.02. The maximum Gasteiger partial charge on any atom is 0.339 e. The molecule has 1 aliphatic heterocycles. The topological polar surface area (TPSA) is 83.9 Å². The Morgan fingerprint density at radius 2 is 1.94 bits per heavy atom. The summed E-state index contributed by atoms with van der Waals surface area (Å²) in [5.74, 6) is 0.200. The van der Waals surface area contributed by atoms with Gasteiger partial charge in [-0.1, -0.05) is 43.2 Å². The summed E-state index contributed by atoms with van der Waals surface area (Å²) in [5, 5.41) is 12.7. The van der Waals surface area contributed by atoms with E-state index in [1.165, 1.54) is 0 Å². The molecule has 0 bridgehead atoms. The van der Waals surface area contributed by atoms with E-state index in [2.05, 4.69) is 0 Å². The molecule has 1 N–H and O–H groups in total. The number of rotatable bonds is 4. The van der Waals surface area contributed by atoms with E-state index in [1.807, 2.05) is 48.2 Å². The number of aryl methyl sites for hydroxylation is 1. The molecule has 1 aliphatic carbocycles. The molecule has 6 rings (SSSR count). The molecule has 0 spiro atoms. The van der Waals surface area contributed by atoms with E-state index in [9.17, 15) is 14.7 Å². The molecule has 2 aromatic carbocycles. The van der Waals surface area contributed by atoms with Crippen molar-refractivity contribution in [1.82, 2.24) is 4.90 Å². The third-order valence-corrected chi connectivity index (χ3v) is 8.44. The fraction of sp³-hybridized carbons (Fsp3) is 0.400. The van der Waals surface area contributed by atoms with Crippen LogP contribution in [0.2, 0.25) is 0 Å². The van der Waals surface area contributed by atoms with Gasteiger partial charge in [0.25, 0.3) is 0 Å². The lowest BCUT2D eigenvalue weighted by molar-refractivity contribution is -0.143. The monoisotopic (exact) mass is 485 g/mol. The lowest BCUT2D eigenvalue weighted by atomic mass is 9.71. The van der Waals surface area contributed by atoms with Crippen LogP contribution in [0.1, 0.15) is 49.7 Å². The number of furan rings is 1. The van der Waals surface area contributed by atoms with E-state index >= 15 is 0 Å². The summed E-state index contributed by atoms with van der Waals surface area (Å²) < 4.78 is 11.5. The second kappa shape index (κ2) is 8.93. The number of amides is 1. The summed E-state index contributed by atoms with van der Waals surface area (Å²) in [7, 11) is 0.